The SMILES string of the molecule is CCCOc1ccc(C(O)CC(F)(F)C(F)(F)C(F)(F)C(F)(F)C(F)(F)C(F)(F)C(F)(F)F)cc1. The normalized spacial score (nSPS) is 15.8. The van der Waals surface area contributed by atoms with Crippen molar-refractivity contribution in [3.05, 3.63) is 29.8 Å². The fourth-order valence-electron chi connectivity index (χ4n) is 2.49. The summed E-state index contributed by atoms with van der Waals surface area (Å²) in [7, 11) is 0. The molecule has 0 aliphatic carbocycles. The smallest absolute Gasteiger partial charge is 0.460 e. The zero-order valence-electron chi connectivity index (χ0n) is 17.0. The number of halogens is 15. The van der Waals surface area contributed by atoms with E-state index in [9.17, 15) is 71.0 Å². The van der Waals surface area contributed by atoms with Crippen molar-refractivity contribution in [2.24, 2.45) is 0 Å². The second kappa shape index (κ2) is 9.42. The third-order valence-electron chi connectivity index (χ3n) is 4.58. The maximum absolute atomic E-state index is 13.9. The average Bonchev–Trinajstić information content (AvgIpc) is 2.70. The highest BCUT2D eigenvalue weighted by Gasteiger charge is 2.93. The Hall–Kier alpha value is -2.07. The van der Waals surface area contributed by atoms with Crippen LogP contribution in [0.1, 0.15) is 31.4 Å². The Morgan fingerprint density at radius 3 is 1.46 bits per heavy atom. The van der Waals surface area contributed by atoms with Gasteiger partial charge in [0.2, 0.25) is 0 Å². The van der Waals surface area contributed by atoms with E-state index in [1.165, 1.54) is 0 Å². The van der Waals surface area contributed by atoms with Gasteiger partial charge in [-0.1, -0.05) is 19.1 Å². The number of rotatable bonds is 11. The molecule has 2 nitrogen and oxygen atoms in total. The van der Waals surface area contributed by atoms with E-state index in [0.717, 1.165) is 24.3 Å². The van der Waals surface area contributed by atoms with E-state index in [1.54, 1.807) is 6.92 Å². The van der Waals surface area contributed by atoms with Crippen molar-refractivity contribution in [3.63, 3.8) is 0 Å². The zero-order valence-corrected chi connectivity index (χ0v) is 17.0. The van der Waals surface area contributed by atoms with Crippen molar-refractivity contribution < 1.29 is 75.7 Å². The first-order chi connectivity index (χ1) is 15.4. The van der Waals surface area contributed by atoms with Crippen molar-refractivity contribution >= 4 is 0 Å². The molecular weight excluding hydrogens is 533 g/mol. The van der Waals surface area contributed by atoms with Crippen LogP contribution in [0.25, 0.3) is 0 Å². The van der Waals surface area contributed by atoms with Crippen LogP contribution in [-0.4, -0.2) is 53.4 Å². The number of benzene rings is 1. The third-order valence-corrected chi connectivity index (χ3v) is 4.58. The fraction of sp³-hybridized carbons (Fsp3) is 0.667. The monoisotopic (exact) mass is 548 g/mol. The summed E-state index contributed by atoms with van der Waals surface area (Å²) in [6, 6.07) is 3.50. The van der Waals surface area contributed by atoms with Gasteiger partial charge in [-0.25, -0.2) is 0 Å². The lowest BCUT2D eigenvalue weighted by molar-refractivity contribution is -0.453. The van der Waals surface area contributed by atoms with Crippen molar-refractivity contribution in [1.82, 2.24) is 0 Å². The van der Waals surface area contributed by atoms with Gasteiger partial charge in [0, 0.05) is 6.42 Å². The molecule has 1 aromatic carbocycles. The quantitative estimate of drug-likeness (QED) is 0.295. The Morgan fingerprint density at radius 1 is 0.657 bits per heavy atom. The van der Waals surface area contributed by atoms with Crippen molar-refractivity contribution in [2.45, 2.75) is 67.6 Å². The van der Waals surface area contributed by atoms with E-state index in [0.29, 0.717) is 6.42 Å². The number of hydrogen-bond acceptors (Lipinski definition) is 2. The first-order valence-electron chi connectivity index (χ1n) is 9.16. The Balaban J connectivity index is 3.32. The van der Waals surface area contributed by atoms with E-state index in [-0.39, 0.29) is 12.4 Å². The molecule has 0 aliphatic heterocycles. The lowest BCUT2D eigenvalue weighted by Gasteiger charge is -2.41. The molecule has 17 heteroatoms. The van der Waals surface area contributed by atoms with Crippen molar-refractivity contribution in [2.75, 3.05) is 6.61 Å². The molecule has 0 radical (unpaired) electrons. The van der Waals surface area contributed by atoms with Crippen LogP contribution >= 0.6 is 0 Å². The maximum atomic E-state index is 13.9. The number of aliphatic hydroxyl groups is 1. The van der Waals surface area contributed by atoms with Crippen LogP contribution in [0.2, 0.25) is 0 Å². The lowest BCUT2D eigenvalue weighted by Crippen LogP contribution is -2.72. The minimum absolute atomic E-state index is 0.0684. The molecule has 1 N–H and O–H groups in total. The largest absolute Gasteiger partial charge is 0.494 e. The Labute approximate surface area is 186 Å². The molecule has 0 saturated carbocycles. The number of ether oxygens (including phenoxy) is 1. The Bertz CT molecular complexity index is 846. The van der Waals surface area contributed by atoms with Gasteiger partial charge in [0.25, 0.3) is 0 Å². The van der Waals surface area contributed by atoms with Gasteiger partial charge in [-0.2, -0.15) is 65.9 Å². The number of alkyl halides is 15. The Morgan fingerprint density at radius 2 is 1.06 bits per heavy atom. The highest BCUT2D eigenvalue weighted by atomic mass is 19.4. The predicted octanol–water partition coefficient (Wildman–Crippen LogP) is 7.27. The zero-order chi connectivity index (χ0) is 27.9. The predicted molar refractivity (Wildman–Crippen MR) is 87.5 cm³/mol. The van der Waals surface area contributed by atoms with Crippen LogP contribution in [0.4, 0.5) is 65.9 Å². The summed E-state index contributed by atoms with van der Waals surface area (Å²) in [5.41, 5.74) is -0.701. The molecule has 0 saturated heterocycles. The van der Waals surface area contributed by atoms with E-state index < -0.39 is 59.8 Å². The second-order valence-corrected chi connectivity index (χ2v) is 7.21. The third kappa shape index (κ3) is 5.09. The average molecular weight is 548 g/mol. The maximum Gasteiger partial charge on any atom is 0.460 e. The number of aliphatic hydroxyl groups excluding tert-OH is 1. The van der Waals surface area contributed by atoms with Crippen molar-refractivity contribution in [1.29, 1.82) is 0 Å². The highest BCUT2D eigenvalue weighted by molar-refractivity contribution is 5.29. The van der Waals surface area contributed by atoms with Gasteiger partial charge in [-0.05, 0) is 24.1 Å². The van der Waals surface area contributed by atoms with Crippen LogP contribution in [0.3, 0.4) is 0 Å². The van der Waals surface area contributed by atoms with E-state index in [2.05, 4.69) is 0 Å². The molecular formula is C18H15F15O2. The van der Waals surface area contributed by atoms with Gasteiger partial charge in [-0.15, -0.1) is 0 Å². The van der Waals surface area contributed by atoms with Crippen LogP contribution in [-0.2, 0) is 0 Å². The van der Waals surface area contributed by atoms with Gasteiger partial charge in [0.1, 0.15) is 5.75 Å². The van der Waals surface area contributed by atoms with Crippen LogP contribution < -0.4 is 4.74 Å². The fourth-order valence-corrected chi connectivity index (χ4v) is 2.49. The van der Waals surface area contributed by atoms with Crippen LogP contribution in [0.5, 0.6) is 5.75 Å². The minimum atomic E-state index is -8.35. The summed E-state index contributed by atoms with van der Waals surface area (Å²) >= 11 is 0. The molecule has 0 amide bonds. The molecule has 0 aromatic heterocycles. The molecule has 1 atom stereocenters. The first kappa shape index (κ1) is 31.0. The summed E-state index contributed by atoms with van der Waals surface area (Å²) in [6.07, 6.45) is -12.8. The van der Waals surface area contributed by atoms with Gasteiger partial charge in [0.05, 0.1) is 12.7 Å². The standard InChI is InChI=1S/C18H15F15O2/c1-2-7-35-10-5-3-9(4-6-10)11(34)8-12(19,20)13(21,22)14(23,24)15(25,26)16(27,28)17(29,30)18(31,32)33/h3-6,11,34H,2,7-8H2,1H3. The topological polar surface area (TPSA) is 29.5 Å². The first-order valence-corrected chi connectivity index (χ1v) is 9.16. The molecule has 1 aromatic rings. The van der Waals surface area contributed by atoms with Gasteiger partial charge >= 0.3 is 41.7 Å². The molecule has 0 spiro atoms. The molecule has 0 bridgehead atoms. The van der Waals surface area contributed by atoms with E-state index in [1.807, 2.05) is 0 Å². The molecule has 0 aliphatic rings. The molecule has 35 heavy (non-hydrogen) atoms. The molecule has 1 unspecified atom stereocenters. The summed E-state index contributed by atoms with van der Waals surface area (Å²) < 4.78 is 203. The number of hydrogen-bond donors (Lipinski definition) is 1. The van der Waals surface area contributed by atoms with E-state index in [4.69, 9.17) is 4.74 Å². The summed E-state index contributed by atoms with van der Waals surface area (Å²) in [5, 5.41) is 9.65. The van der Waals surface area contributed by atoms with Gasteiger partial charge < -0.3 is 9.84 Å². The van der Waals surface area contributed by atoms with Crippen LogP contribution in [0, 0.1) is 0 Å². The Kier molecular flexibility index (Phi) is 8.34. The van der Waals surface area contributed by atoms with Crippen molar-refractivity contribution in [3.8, 4) is 5.75 Å². The minimum Gasteiger partial charge on any atom is -0.494 e. The molecule has 0 fully saturated rings. The van der Waals surface area contributed by atoms with Gasteiger partial charge in [0.15, 0.2) is 0 Å². The lowest BCUT2D eigenvalue weighted by atomic mass is 9.88. The van der Waals surface area contributed by atoms with Gasteiger partial charge in [-0.3, -0.25) is 0 Å². The second-order valence-electron chi connectivity index (χ2n) is 7.21. The molecule has 204 valence electrons. The summed E-state index contributed by atoms with van der Waals surface area (Å²) in [5.74, 6) is -47.0. The van der Waals surface area contributed by atoms with Crippen LogP contribution in [0.15, 0.2) is 24.3 Å². The molecule has 0 heterocycles. The summed E-state index contributed by atoms with van der Waals surface area (Å²) in [6.45, 7) is 1.85. The van der Waals surface area contributed by atoms with E-state index >= 15 is 0 Å². The molecule has 1 rings (SSSR count). The highest BCUT2D eigenvalue weighted by Crippen LogP contribution is 2.63. The summed E-state index contributed by atoms with van der Waals surface area (Å²) in [4.78, 5) is 0.